The zero-order valence-electron chi connectivity index (χ0n) is 21.2. The number of nitrogens with zero attached hydrogens (tertiary/aromatic N) is 2. The van der Waals surface area contributed by atoms with Gasteiger partial charge in [-0.25, -0.2) is 8.42 Å². The van der Waals surface area contributed by atoms with Gasteiger partial charge in [0, 0.05) is 12.6 Å². The molecule has 0 fully saturated rings. The highest BCUT2D eigenvalue weighted by molar-refractivity contribution is 7.92. The van der Waals surface area contributed by atoms with Crippen molar-refractivity contribution in [3.8, 4) is 0 Å². The van der Waals surface area contributed by atoms with Crippen LogP contribution in [-0.4, -0.2) is 50.3 Å². The van der Waals surface area contributed by atoms with E-state index in [4.69, 9.17) is 11.6 Å². The van der Waals surface area contributed by atoms with Gasteiger partial charge in [-0.1, -0.05) is 72.3 Å². The van der Waals surface area contributed by atoms with Crippen molar-refractivity contribution in [3.63, 3.8) is 0 Å². The van der Waals surface area contributed by atoms with Gasteiger partial charge in [0.15, 0.2) is 0 Å². The van der Waals surface area contributed by atoms with Crippen molar-refractivity contribution in [1.82, 2.24) is 10.2 Å². The number of para-hydroxylation sites is 1. The van der Waals surface area contributed by atoms with Gasteiger partial charge in [0.25, 0.3) is 10.0 Å². The minimum absolute atomic E-state index is 0.0316. The fraction of sp³-hybridized carbons (Fsp3) is 0.286. The summed E-state index contributed by atoms with van der Waals surface area (Å²) < 4.78 is 28.4. The van der Waals surface area contributed by atoms with Crippen LogP contribution in [-0.2, 0) is 26.0 Å². The number of carbonyl (C=O) groups excluding carboxylic acids is 2. The average Bonchev–Trinajstić information content (AvgIpc) is 2.88. The molecule has 7 nitrogen and oxygen atoms in total. The molecule has 0 radical (unpaired) electrons. The van der Waals surface area contributed by atoms with E-state index in [-0.39, 0.29) is 34.1 Å². The topological polar surface area (TPSA) is 86.8 Å². The second kappa shape index (κ2) is 12.7. The minimum Gasteiger partial charge on any atom is -0.352 e. The lowest BCUT2D eigenvalue weighted by molar-refractivity contribution is -0.139. The summed E-state index contributed by atoms with van der Waals surface area (Å²) in [5, 5.41) is 3.03. The number of rotatable bonds is 11. The molecule has 2 amide bonds. The van der Waals surface area contributed by atoms with Crippen LogP contribution in [0.5, 0.6) is 0 Å². The third-order valence-electron chi connectivity index (χ3n) is 5.81. The van der Waals surface area contributed by atoms with Gasteiger partial charge in [0.2, 0.25) is 11.8 Å². The van der Waals surface area contributed by atoms with Gasteiger partial charge >= 0.3 is 0 Å². The Morgan fingerprint density at radius 2 is 1.43 bits per heavy atom. The van der Waals surface area contributed by atoms with Crippen molar-refractivity contribution in [2.45, 2.75) is 44.2 Å². The average molecular weight is 542 g/mol. The predicted molar refractivity (Wildman–Crippen MR) is 147 cm³/mol. The molecule has 1 atom stereocenters. The monoisotopic (exact) mass is 541 g/mol. The largest absolute Gasteiger partial charge is 0.352 e. The van der Waals surface area contributed by atoms with Gasteiger partial charge in [0.1, 0.15) is 12.6 Å². The summed E-state index contributed by atoms with van der Waals surface area (Å²) in [4.78, 5) is 28.1. The predicted octanol–water partition coefficient (Wildman–Crippen LogP) is 4.52. The molecule has 9 heteroatoms. The SMILES string of the molecule is CC(C)NC(=O)C(C)N(CCc1ccccc1)C(=O)CN(c1ccccc1Cl)S(=O)(=O)c1ccccc1. The normalized spacial score (nSPS) is 12.1. The number of carbonyl (C=O) groups is 2. The van der Waals surface area contributed by atoms with E-state index < -0.39 is 28.5 Å². The molecular formula is C28H32ClN3O4S. The number of hydrogen-bond donors (Lipinski definition) is 1. The van der Waals surface area contributed by atoms with Crippen molar-refractivity contribution in [2.24, 2.45) is 0 Å². The first-order valence-electron chi connectivity index (χ1n) is 12.1. The number of halogens is 1. The summed E-state index contributed by atoms with van der Waals surface area (Å²) in [6, 6.07) is 23.0. The van der Waals surface area contributed by atoms with Crippen molar-refractivity contribution in [3.05, 3.63) is 95.5 Å². The molecule has 1 unspecified atom stereocenters. The van der Waals surface area contributed by atoms with E-state index in [1.807, 2.05) is 44.2 Å². The fourth-order valence-electron chi connectivity index (χ4n) is 3.86. The smallest absolute Gasteiger partial charge is 0.264 e. The number of nitrogens with one attached hydrogen (secondary N) is 1. The molecule has 3 aromatic carbocycles. The van der Waals surface area contributed by atoms with Gasteiger partial charge in [-0.3, -0.25) is 13.9 Å². The molecule has 0 aromatic heterocycles. The van der Waals surface area contributed by atoms with Crippen LogP contribution in [0.2, 0.25) is 5.02 Å². The second-order valence-corrected chi connectivity index (χ2v) is 11.2. The fourth-order valence-corrected chi connectivity index (χ4v) is 5.60. The molecule has 0 bridgehead atoms. The van der Waals surface area contributed by atoms with Crippen molar-refractivity contribution < 1.29 is 18.0 Å². The van der Waals surface area contributed by atoms with E-state index >= 15 is 0 Å². The molecule has 3 rings (SSSR count). The lowest BCUT2D eigenvalue weighted by atomic mass is 10.1. The zero-order valence-corrected chi connectivity index (χ0v) is 22.7. The van der Waals surface area contributed by atoms with Crippen LogP contribution in [0, 0.1) is 0 Å². The minimum atomic E-state index is -4.14. The number of sulfonamides is 1. The maximum absolute atomic E-state index is 13.8. The van der Waals surface area contributed by atoms with Crippen molar-refractivity contribution >= 4 is 39.1 Å². The summed E-state index contributed by atoms with van der Waals surface area (Å²) in [6.07, 6.45) is 0.503. The van der Waals surface area contributed by atoms with Gasteiger partial charge in [-0.2, -0.15) is 0 Å². The number of benzene rings is 3. The zero-order chi connectivity index (χ0) is 27.0. The Kier molecular flexibility index (Phi) is 9.72. The Morgan fingerprint density at radius 3 is 2.03 bits per heavy atom. The quantitative estimate of drug-likeness (QED) is 0.387. The third kappa shape index (κ3) is 7.33. The molecule has 0 aliphatic carbocycles. The third-order valence-corrected chi connectivity index (χ3v) is 7.91. The molecule has 0 saturated heterocycles. The van der Waals surface area contributed by atoms with Crippen LogP contribution in [0.1, 0.15) is 26.3 Å². The summed E-state index contributed by atoms with van der Waals surface area (Å²) >= 11 is 6.39. The van der Waals surface area contributed by atoms with Crippen LogP contribution < -0.4 is 9.62 Å². The highest BCUT2D eigenvalue weighted by Gasteiger charge is 2.33. The van der Waals surface area contributed by atoms with Crippen LogP contribution in [0.4, 0.5) is 5.69 Å². The van der Waals surface area contributed by atoms with Gasteiger partial charge in [-0.15, -0.1) is 0 Å². The Morgan fingerprint density at radius 1 is 0.865 bits per heavy atom. The van der Waals surface area contributed by atoms with Crippen LogP contribution in [0.15, 0.2) is 89.8 Å². The maximum atomic E-state index is 13.8. The number of anilines is 1. The first-order valence-corrected chi connectivity index (χ1v) is 13.9. The van der Waals surface area contributed by atoms with Gasteiger partial charge in [0.05, 0.1) is 15.6 Å². The summed E-state index contributed by atoms with van der Waals surface area (Å²) in [5.41, 5.74) is 1.18. The molecule has 0 spiro atoms. The van der Waals surface area contributed by atoms with Crippen molar-refractivity contribution in [1.29, 1.82) is 0 Å². The molecule has 3 aromatic rings. The molecule has 0 aliphatic rings. The number of hydrogen-bond acceptors (Lipinski definition) is 4. The van der Waals surface area contributed by atoms with E-state index in [2.05, 4.69) is 5.32 Å². The second-order valence-electron chi connectivity index (χ2n) is 8.94. The van der Waals surface area contributed by atoms with E-state index in [9.17, 15) is 18.0 Å². The molecule has 0 heterocycles. The first-order chi connectivity index (χ1) is 17.6. The molecule has 37 heavy (non-hydrogen) atoms. The maximum Gasteiger partial charge on any atom is 0.264 e. The molecule has 1 N–H and O–H groups in total. The van der Waals surface area contributed by atoms with Gasteiger partial charge < -0.3 is 10.2 Å². The molecule has 0 aliphatic heterocycles. The highest BCUT2D eigenvalue weighted by atomic mass is 35.5. The highest BCUT2D eigenvalue weighted by Crippen LogP contribution is 2.30. The lowest BCUT2D eigenvalue weighted by Gasteiger charge is -2.32. The van der Waals surface area contributed by atoms with E-state index in [0.717, 1.165) is 9.87 Å². The number of amides is 2. The summed E-state index contributed by atoms with van der Waals surface area (Å²) in [6.45, 7) is 5.04. The van der Waals surface area contributed by atoms with Crippen LogP contribution in [0.25, 0.3) is 0 Å². The van der Waals surface area contributed by atoms with E-state index in [1.54, 1.807) is 49.4 Å². The molecule has 196 valence electrons. The Labute approximate surface area is 224 Å². The first kappa shape index (κ1) is 28.2. The Balaban J connectivity index is 1.97. The summed E-state index contributed by atoms with van der Waals surface area (Å²) in [7, 11) is -4.14. The van der Waals surface area contributed by atoms with Crippen LogP contribution in [0.3, 0.4) is 0 Å². The summed E-state index contributed by atoms with van der Waals surface area (Å²) in [5.74, 6) is -0.826. The molecule has 0 saturated carbocycles. The van der Waals surface area contributed by atoms with E-state index in [0.29, 0.717) is 6.42 Å². The Hall–Kier alpha value is -3.36. The van der Waals surface area contributed by atoms with Crippen molar-refractivity contribution in [2.75, 3.05) is 17.4 Å². The molecular weight excluding hydrogens is 510 g/mol. The lowest BCUT2D eigenvalue weighted by Crippen LogP contribution is -2.53. The van der Waals surface area contributed by atoms with Gasteiger partial charge in [-0.05, 0) is 57.0 Å². The van der Waals surface area contributed by atoms with Crippen LogP contribution >= 0.6 is 11.6 Å². The standard InChI is InChI=1S/C28H32ClN3O4S/c1-21(2)30-28(34)22(3)31(19-18-23-12-6-4-7-13-23)27(33)20-32(26-17-11-10-16-25(26)29)37(35,36)24-14-8-5-9-15-24/h4-17,21-22H,18-20H2,1-3H3,(H,30,34). The van der Waals surface area contributed by atoms with E-state index in [1.165, 1.54) is 17.0 Å². The Bertz CT molecular complexity index is 1300.